The zero-order valence-electron chi connectivity index (χ0n) is 13.9. The summed E-state index contributed by atoms with van der Waals surface area (Å²) in [6, 6.07) is 17.0. The van der Waals surface area contributed by atoms with Crippen LogP contribution in [0.2, 0.25) is 0 Å². The van der Waals surface area contributed by atoms with E-state index in [2.05, 4.69) is 12.1 Å². The van der Waals surface area contributed by atoms with Crippen LogP contribution in [0, 0.1) is 5.41 Å². The van der Waals surface area contributed by atoms with Crippen LogP contribution in [0.1, 0.15) is 28.8 Å². The molecule has 0 saturated carbocycles. The Bertz CT molecular complexity index is 669. The van der Waals surface area contributed by atoms with Gasteiger partial charge in [0.25, 0.3) is 5.91 Å². The van der Waals surface area contributed by atoms with E-state index in [1.54, 1.807) is 31.4 Å². The third kappa shape index (κ3) is 4.84. The molecule has 0 bridgehead atoms. The van der Waals surface area contributed by atoms with Gasteiger partial charge in [-0.3, -0.25) is 15.1 Å². The van der Waals surface area contributed by atoms with Crippen molar-refractivity contribution in [3.8, 4) is 5.75 Å². The molecular formula is C19H23N3O2. The number of ether oxygens (including phenoxy) is 1. The lowest BCUT2D eigenvalue weighted by Crippen LogP contribution is -2.41. The van der Waals surface area contributed by atoms with E-state index >= 15 is 0 Å². The van der Waals surface area contributed by atoms with Crippen molar-refractivity contribution in [3.05, 3.63) is 65.7 Å². The Morgan fingerprint density at radius 2 is 1.75 bits per heavy atom. The molecule has 3 N–H and O–H groups in total. The van der Waals surface area contributed by atoms with Crippen LogP contribution >= 0.6 is 0 Å². The SMILES string of the molecule is COc1ccc(C(=O)N(CCCCc2ccccc2)C(=N)N)cc1. The molecule has 0 heterocycles. The van der Waals surface area contributed by atoms with Gasteiger partial charge in [-0.2, -0.15) is 0 Å². The van der Waals surface area contributed by atoms with Crippen molar-refractivity contribution in [2.45, 2.75) is 19.3 Å². The summed E-state index contributed by atoms with van der Waals surface area (Å²) in [6.07, 6.45) is 2.67. The zero-order valence-corrected chi connectivity index (χ0v) is 13.9. The first-order valence-corrected chi connectivity index (χ1v) is 7.95. The molecule has 0 aliphatic rings. The van der Waals surface area contributed by atoms with E-state index in [-0.39, 0.29) is 11.9 Å². The van der Waals surface area contributed by atoms with Crippen molar-refractivity contribution >= 4 is 11.9 Å². The van der Waals surface area contributed by atoms with Crippen LogP contribution in [0.15, 0.2) is 54.6 Å². The summed E-state index contributed by atoms with van der Waals surface area (Å²) in [5.74, 6) is 0.198. The lowest BCUT2D eigenvalue weighted by atomic mass is 10.1. The number of benzene rings is 2. The highest BCUT2D eigenvalue weighted by Crippen LogP contribution is 2.14. The number of aryl methyl sites for hydroxylation is 1. The average molecular weight is 325 g/mol. The second-order valence-electron chi connectivity index (χ2n) is 5.51. The highest BCUT2D eigenvalue weighted by molar-refractivity contribution is 6.04. The van der Waals surface area contributed by atoms with E-state index in [4.69, 9.17) is 15.9 Å². The molecule has 1 amide bonds. The predicted octanol–water partition coefficient (Wildman–Crippen LogP) is 3.05. The molecule has 0 saturated heterocycles. The Hall–Kier alpha value is -2.82. The summed E-state index contributed by atoms with van der Waals surface area (Å²) in [4.78, 5) is 13.8. The fourth-order valence-electron chi connectivity index (χ4n) is 2.46. The number of methoxy groups -OCH3 is 1. The molecule has 5 nitrogen and oxygen atoms in total. The van der Waals surface area contributed by atoms with E-state index in [0.717, 1.165) is 19.3 Å². The van der Waals surface area contributed by atoms with Gasteiger partial charge in [0.2, 0.25) is 0 Å². The summed E-state index contributed by atoms with van der Waals surface area (Å²) in [7, 11) is 1.57. The molecule has 0 aliphatic carbocycles. The van der Waals surface area contributed by atoms with Crippen LogP contribution in [0.3, 0.4) is 0 Å². The summed E-state index contributed by atoms with van der Waals surface area (Å²) in [6.45, 7) is 0.438. The van der Waals surface area contributed by atoms with Gasteiger partial charge in [0, 0.05) is 12.1 Å². The molecule has 0 aromatic heterocycles. The fraction of sp³-hybridized carbons (Fsp3) is 0.263. The van der Waals surface area contributed by atoms with E-state index < -0.39 is 0 Å². The van der Waals surface area contributed by atoms with Crippen LogP contribution in [0.25, 0.3) is 0 Å². The largest absolute Gasteiger partial charge is 0.497 e. The Kier molecular flexibility index (Phi) is 6.37. The number of guanidine groups is 1. The van der Waals surface area contributed by atoms with Crippen LogP contribution in [0.5, 0.6) is 5.75 Å². The second kappa shape index (κ2) is 8.72. The molecular weight excluding hydrogens is 302 g/mol. The van der Waals surface area contributed by atoms with E-state index in [1.165, 1.54) is 10.5 Å². The molecule has 5 heteroatoms. The van der Waals surface area contributed by atoms with Crippen LogP contribution in [-0.4, -0.2) is 30.4 Å². The van der Waals surface area contributed by atoms with Crippen molar-refractivity contribution in [2.75, 3.05) is 13.7 Å². The number of nitrogens with two attached hydrogens (primary N) is 1. The van der Waals surface area contributed by atoms with Gasteiger partial charge < -0.3 is 10.5 Å². The topological polar surface area (TPSA) is 79.4 Å². The van der Waals surface area contributed by atoms with E-state index in [9.17, 15) is 4.79 Å². The van der Waals surface area contributed by atoms with Gasteiger partial charge >= 0.3 is 0 Å². The number of hydrogen-bond donors (Lipinski definition) is 2. The molecule has 24 heavy (non-hydrogen) atoms. The number of rotatable bonds is 7. The third-order valence-corrected chi connectivity index (χ3v) is 3.81. The van der Waals surface area contributed by atoms with Crippen molar-refractivity contribution in [1.29, 1.82) is 5.41 Å². The maximum absolute atomic E-state index is 12.5. The Balaban J connectivity index is 1.90. The minimum Gasteiger partial charge on any atom is -0.497 e. The fourth-order valence-corrected chi connectivity index (χ4v) is 2.46. The molecule has 0 spiro atoms. The van der Waals surface area contributed by atoms with Gasteiger partial charge in [0.15, 0.2) is 5.96 Å². The molecule has 2 rings (SSSR count). The molecule has 0 atom stereocenters. The minimum atomic E-state index is -0.259. The van der Waals surface area contributed by atoms with Crippen molar-refractivity contribution in [1.82, 2.24) is 4.90 Å². The summed E-state index contributed by atoms with van der Waals surface area (Å²) in [5, 5.41) is 7.67. The molecule has 0 fully saturated rings. The van der Waals surface area contributed by atoms with Gasteiger partial charge in [0.05, 0.1) is 7.11 Å². The van der Waals surface area contributed by atoms with Gasteiger partial charge in [-0.15, -0.1) is 0 Å². The number of hydrogen-bond acceptors (Lipinski definition) is 3. The average Bonchev–Trinajstić information content (AvgIpc) is 2.62. The Labute approximate surface area is 142 Å². The number of carbonyl (C=O) groups is 1. The first-order chi connectivity index (χ1) is 11.6. The van der Waals surface area contributed by atoms with Crippen LogP contribution in [0.4, 0.5) is 0 Å². The molecule has 2 aromatic carbocycles. The van der Waals surface area contributed by atoms with Gasteiger partial charge in [0.1, 0.15) is 5.75 Å². The molecule has 2 aromatic rings. The highest BCUT2D eigenvalue weighted by atomic mass is 16.5. The second-order valence-corrected chi connectivity index (χ2v) is 5.51. The molecule has 0 unspecified atom stereocenters. The monoisotopic (exact) mass is 325 g/mol. The van der Waals surface area contributed by atoms with Crippen molar-refractivity contribution in [3.63, 3.8) is 0 Å². The summed E-state index contributed by atoms with van der Waals surface area (Å²) >= 11 is 0. The Morgan fingerprint density at radius 3 is 2.33 bits per heavy atom. The van der Waals surface area contributed by atoms with Gasteiger partial charge in [-0.1, -0.05) is 30.3 Å². The zero-order chi connectivity index (χ0) is 17.4. The lowest BCUT2D eigenvalue weighted by molar-refractivity contribution is 0.0843. The highest BCUT2D eigenvalue weighted by Gasteiger charge is 2.18. The number of unbranched alkanes of at least 4 members (excludes halogenated alkanes) is 1. The first kappa shape index (κ1) is 17.5. The Morgan fingerprint density at radius 1 is 1.08 bits per heavy atom. The normalized spacial score (nSPS) is 10.2. The smallest absolute Gasteiger partial charge is 0.260 e. The predicted molar refractivity (Wildman–Crippen MR) is 95.3 cm³/mol. The minimum absolute atomic E-state index is 0.226. The maximum Gasteiger partial charge on any atom is 0.260 e. The summed E-state index contributed by atoms with van der Waals surface area (Å²) in [5.41, 5.74) is 7.35. The maximum atomic E-state index is 12.5. The van der Waals surface area contributed by atoms with Crippen molar-refractivity contribution in [2.24, 2.45) is 5.73 Å². The molecule has 0 aliphatic heterocycles. The van der Waals surface area contributed by atoms with Gasteiger partial charge in [-0.25, -0.2) is 0 Å². The van der Waals surface area contributed by atoms with Gasteiger partial charge in [-0.05, 0) is 49.1 Å². The lowest BCUT2D eigenvalue weighted by Gasteiger charge is -2.20. The van der Waals surface area contributed by atoms with Crippen molar-refractivity contribution < 1.29 is 9.53 Å². The van der Waals surface area contributed by atoms with Crippen LogP contribution < -0.4 is 10.5 Å². The standard InChI is InChI=1S/C19H23N3O2/c1-24-17-12-10-16(11-13-17)18(23)22(19(20)21)14-6-5-9-15-7-3-2-4-8-15/h2-4,7-8,10-13H,5-6,9,14H2,1H3,(H3,20,21). The quantitative estimate of drug-likeness (QED) is 0.466. The first-order valence-electron chi connectivity index (χ1n) is 7.95. The molecule has 126 valence electrons. The van der Waals surface area contributed by atoms with E-state index in [1.807, 2.05) is 18.2 Å². The number of nitrogens with zero attached hydrogens (tertiary/aromatic N) is 1. The number of nitrogens with one attached hydrogen (secondary N) is 1. The van der Waals surface area contributed by atoms with E-state index in [0.29, 0.717) is 17.9 Å². The number of amides is 1. The number of carbonyl (C=O) groups excluding carboxylic acids is 1. The van der Waals surface area contributed by atoms with Crippen LogP contribution in [-0.2, 0) is 6.42 Å². The summed E-state index contributed by atoms with van der Waals surface area (Å²) < 4.78 is 5.09. The third-order valence-electron chi connectivity index (χ3n) is 3.81. The molecule has 0 radical (unpaired) electrons.